The van der Waals surface area contributed by atoms with E-state index >= 15 is 0 Å². The summed E-state index contributed by atoms with van der Waals surface area (Å²) in [6, 6.07) is 3.44. The average molecular weight is 422 g/mol. The van der Waals surface area contributed by atoms with Crippen molar-refractivity contribution in [3.63, 3.8) is 0 Å². The molecular formula is C15H12Cl2F3N5S. The van der Waals surface area contributed by atoms with Gasteiger partial charge in [-0.3, -0.25) is 0 Å². The van der Waals surface area contributed by atoms with E-state index in [1.165, 1.54) is 22.8 Å². The van der Waals surface area contributed by atoms with Crippen molar-refractivity contribution in [1.82, 2.24) is 15.1 Å². The first-order valence-corrected chi connectivity index (χ1v) is 9.12. The van der Waals surface area contributed by atoms with E-state index < -0.39 is 11.7 Å². The maximum Gasteiger partial charge on any atom is 0.416 e. The lowest BCUT2D eigenvalue weighted by atomic mass is 10.2. The van der Waals surface area contributed by atoms with E-state index in [2.05, 4.69) is 15.4 Å². The fraction of sp³-hybridized carbons (Fsp3) is 0.267. The van der Waals surface area contributed by atoms with E-state index in [9.17, 15) is 18.4 Å². The summed E-state index contributed by atoms with van der Waals surface area (Å²) < 4.78 is 39.9. The van der Waals surface area contributed by atoms with Crippen LogP contribution in [0.5, 0.6) is 0 Å². The SMILES string of the molecule is CCN/C=N/c1c(SC)c(C#N)nn1-c1c(Cl)cc(C(F)(F)F)cc1Cl. The Balaban J connectivity index is 2.72. The third-order valence-electron chi connectivity index (χ3n) is 3.17. The molecule has 0 aliphatic rings. The molecule has 5 nitrogen and oxygen atoms in total. The average Bonchev–Trinajstić information content (AvgIpc) is 2.91. The van der Waals surface area contributed by atoms with Gasteiger partial charge < -0.3 is 5.32 Å². The Morgan fingerprint density at radius 3 is 2.46 bits per heavy atom. The summed E-state index contributed by atoms with van der Waals surface area (Å²) in [6.45, 7) is 2.47. The van der Waals surface area contributed by atoms with Gasteiger partial charge in [0.2, 0.25) is 0 Å². The molecule has 1 N–H and O–H groups in total. The van der Waals surface area contributed by atoms with Crippen LogP contribution in [0, 0.1) is 11.3 Å². The summed E-state index contributed by atoms with van der Waals surface area (Å²) in [7, 11) is 0. The van der Waals surface area contributed by atoms with Crippen LogP contribution in [0.15, 0.2) is 22.0 Å². The highest BCUT2D eigenvalue weighted by Crippen LogP contribution is 2.41. The van der Waals surface area contributed by atoms with Gasteiger partial charge in [-0.05, 0) is 25.3 Å². The number of aromatic nitrogens is 2. The number of thioether (sulfide) groups is 1. The maximum atomic E-state index is 12.9. The van der Waals surface area contributed by atoms with Gasteiger partial charge in [0.15, 0.2) is 11.5 Å². The monoisotopic (exact) mass is 421 g/mol. The number of alkyl halides is 3. The fourth-order valence-electron chi connectivity index (χ4n) is 2.05. The standard InChI is InChI=1S/C15H12Cl2F3N5S/c1-3-22-7-23-14-13(26-2)11(6-21)24-25(14)12-9(16)4-8(5-10(12)17)15(18,19)20/h4-5,7H,3H2,1-2H3,(H,22,23). The second-order valence-electron chi connectivity index (χ2n) is 4.83. The number of nitrogens with one attached hydrogen (secondary N) is 1. The van der Waals surface area contributed by atoms with Crippen LogP contribution in [-0.2, 0) is 6.18 Å². The van der Waals surface area contributed by atoms with E-state index in [-0.39, 0.29) is 27.2 Å². The molecule has 0 aliphatic heterocycles. The van der Waals surface area contributed by atoms with Crippen LogP contribution in [0.4, 0.5) is 19.0 Å². The van der Waals surface area contributed by atoms with E-state index in [1.54, 1.807) is 6.26 Å². The number of aliphatic imine (C=N–C) groups is 1. The van der Waals surface area contributed by atoms with E-state index in [0.29, 0.717) is 11.4 Å². The summed E-state index contributed by atoms with van der Waals surface area (Å²) in [4.78, 5) is 4.67. The molecule has 138 valence electrons. The van der Waals surface area contributed by atoms with Crippen LogP contribution in [0.3, 0.4) is 0 Å². The molecule has 2 aromatic rings. The Bertz CT molecular complexity index is 864. The Kier molecular flexibility index (Phi) is 6.44. The molecule has 0 saturated carbocycles. The van der Waals surface area contributed by atoms with E-state index in [1.807, 2.05) is 13.0 Å². The first-order valence-electron chi connectivity index (χ1n) is 7.14. The molecule has 0 amide bonds. The third kappa shape index (κ3) is 4.09. The normalized spacial score (nSPS) is 11.8. The summed E-state index contributed by atoms with van der Waals surface area (Å²) in [5, 5.41) is 15.7. The molecule has 2 rings (SSSR count). The molecular weight excluding hydrogens is 410 g/mol. The third-order valence-corrected chi connectivity index (χ3v) is 4.53. The second-order valence-corrected chi connectivity index (χ2v) is 6.46. The van der Waals surface area contributed by atoms with Gasteiger partial charge in [0.05, 0.1) is 26.8 Å². The Hall–Kier alpha value is -1.89. The molecule has 0 fully saturated rings. The molecule has 26 heavy (non-hydrogen) atoms. The second kappa shape index (κ2) is 8.20. The van der Waals surface area contributed by atoms with Gasteiger partial charge in [0, 0.05) is 6.54 Å². The minimum Gasteiger partial charge on any atom is -0.376 e. The minimum absolute atomic E-state index is 0.0155. The van der Waals surface area contributed by atoms with Crippen molar-refractivity contribution in [3.05, 3.63) is 33.4 Å². The molecule has 0 radical (unpaired) electrons. The fourth-order valence-corrected chi connectivity index (χ4v) is 3.30. The number of nitrogens with zero attached hydrogens (tertiary/aromatic N) is 4. The topological polar surface area (TPSA) is 66.0 Å². The zero-order chi connectivity index (χ0) is 19.5. The van der Waals surface area contributed by atoms with Crippen LogP contribution in [-0.4, -0.2) is 28.9 Å². The highest BCUT2D eigenvalue weighted by molar-refractivity contribution is 7.98. The van der Waals surface area contributed by atoms with Crippen LogP contribution >= 0.6 is 35.0 Å². The molecule has 1 aromatic heterocycles. The first-order chi connectivity index (χ1) is 12.2. The van der Waals surface area contributed by atoms with Gasteiger partial charge >= 0.3 is 6.18 Å². The summed E-state index contributed by atoms with van der Waals surface area (Å²) in [5.74, 6) is 0.235. The van der Waals surface area contributed by atoms with Gasteiger partial charge in [0.1, 0.15) is 11.8 Å². The quantitative estimate of drug-likeness (QED) is 0.416. The molecule has 1 heterocycles. The first kappa shape index (κ1) is 20.4. The predicted molar refractivity (Wildman–Crippen MR) is 96.9 cm³/mol. The molecule has 0 atom stereocenters. The van der Waals surface area contributed by atoms with Gasteiger partial charge in [-0.1, -0.05) is 23.2 Å². The number of halogens is 5. The molecule has 0 spiro atoms. The van der Waals surface area contributed by atoms with Crippen molar-refractivity contribution in [1.29, 1.82) is 5.26 Å². The van der Waals surface area contributed by atoms with Gasteiger partial charge in [-0.25, -0.2) is 9.67 Å². The van der Waals surface area contributed by atoms with Crippen molar-refractivity contribution in [3.8, 4) is 11.8 Å². The lowest BCUT2D eigenvalue weighted by Crippen LogP contribution is -2.09. The Morgan fingerprint density at radius 2 is 2.00 bits per heavy atom. The summed E-state index contributed by atoms with van der Waals surface area (Å²) in [5.41, 5.74) is -0.901. The molecule has 0 bridgehead atoms. The number of benzene rings is 1. The molecule has 0 aliphatic carbocycles. The zero-order valence-corrected chi connectivity index (χ0v) is 15.9. The summed E-state index contributed by atoms with van der Waals surface area (Å²) in [6.07, 6.45) is -1.46. The van der Waals surface area contributed by atoms with Gasteiger partial charge in [-0.15, -0.1) is 11.8 Å². The lowest BCUT2D eigenvalue weighted by molar-refractivity contribution is -0.137. The largest absolute Gasteiger partial charge is 0.416 e. The van der Waals surface area contributed by atoms with Crippen molar-refractivity contribution >= 4 is 47.1 Å². The number of rotatable bonds is 5. The van der Waals surface area contributed by atoms with Crippen molar-refractivity contribution in [2.24, 2.45) is 4.99 Å². The zero-order valence-electron chi connectivity index (χ0n) is 13.5. The van der Waals surface area contributed by atoms with Crippen molar-refractivity contribution in [2.45, 2.75) is 18.0 Å². The number of hydrogen-bond donors (Lipinski definition) is 1. The van der Waals surface area contributed by atoms with Gasteiger partial charge in [0.25, 0.3) is 0 Å². The maximum absolute atomic E-state index is 12.9. The summed E-state index contributed by atoms with van der Waals surface area (Å²) >= 11 is 13.3. The van der Waals surface area contributed by atoms with Crippen molar-refractivity contribution in [2.75, 3.05) is 12.8 Å². The number of nitriles is 1. The van der Waals surface area contributed by atoms with E-state index in [0.717, 1.165) is 12.1 Å². The van der Waals surface area contributed by atoms with Gasteiger partial charge in [-0.2, -0.15) is 23.5 Å². The number of hydrogen-bond acceptors (Lipinski definition) is 4. The molecule has 0 saturated heterocycles. The van der Waals surface area contributed by atoms with Crippen LogP contribution in [0.1, 0.15) is 18.2 Å². The smallest absolute Gasteiger partial charge is 0.376 e. The predicted octanol–water partition coefficient (Wildman–Crippen LogP) is 5.06. The highest BCUT2D eigenvalue weighted by atomic mass is 35.5. The highest BCUT2D eigenvalue weighted by Gasteiger charge is 2.33. The van der Waals surface area contributed by atoms with Crippen LogP contribution < -0.4 is 5.32 Å². The minimum atomic E-state index is -4.59. The van der Waals surface area contributed by atoms with Crippen LogP contribution in [0.25, 0.3) is 5.69 Å². The Labute approximate surface area is 161 Å². The van der Waals surface area contributed by atoms with Crippen molar-refractivity contribution < 1.29 is 13.2 Å². The lowest BCUT2D eigenvalue weighted by Gasteiger charge is -2.13. The molecule has 1 aromatic carbocycles. The van der Waals surface area contributed by atoms with E-state index in [4.69, 9.17) is 23.2 Å². The molecule has 0 unspecified atom stereocenters. The Morgan fingerprint density at radius 1 is 1.38 bits per heavy atom. The van der Waals surface area contributed by atoms with Crippen LogP contribution in [0.2, 0.25) is 10.0 Å². The molecule has 11 heteroatoms.